The van der Waals surface area contributed by atoms with Crippen LogP contribution < -0.4 is 15.1 Å². The van der Waals surface area contributed by atoms with Crippen molar-refractivity contribution in [2.45, 2.75) is 6.92 Å². The first kappa shape index (κ1) is 17.3. The third kappa shape index (κ3) is 4.00. The van der Waals surface area contributed by atoms with Gasteiger partial charge < -0.3 is 15.1 Å². The topological polar surface area (TPSA) is 44.3 Å². The second-order valence-electron chi connectivity index (χ2n) is 6.63. The lowest BCUT2D eigenvalue weighted by Crippen LogP contribution is -2.47. The van der Waals surface area contributed by atoms with E-state index in [4.69, 9.17) is 0 Å². The molecule has 2 heterocycles. The summed E-state index contributed by atoms with van der Waals surface area (Å²) < 4.78 is 13.1. The maximum Gasteiger partial charge on any atom is 0.227 e. The van der Waals surface area contributed by atoms with Crippen molar-refractivity contribution in [3.8, 4) is 0 Å². The van der Waals surface area contributed by atoms with Gasteiger partial charge in [0.05, 0.1) is 0 Å². The predicted octanol–water partition coefficient (Wildman–Crippen LogP) is 3.99. The average Bonchev–Trinajstić information content (AvgIpc) is 2.71. The van der Waals surface area contributed by atoms with Gasteiger partial charge in [-0.25, -0.2) is 9.37 Å². The highest BCUT2D eigenvalue weighted by Gasteiger charge is 2.19. The second kappa shape index (κ2) is 7.61. The molecule has 0 aliphatic carbocycles. The first-order valence-electron chi connectivity index (χ1n) is 9.10. The van der Waals surface area contributed by atoms with E-state index in [0.29, 0.717) is 0 Å². The number of hydrogen-bond donors (Lipinski definition) is 1. The number of piperazine rings is 1. The lowest BCUT2D eigenvalue weighted by molar-refractivity contribution is 0.623. The Balaban J connectivity index is 1.43. The number of rotatable bonds is 4. The first-order chi connectivity index (χ1) is 13.2. The zero-order valence-electron chi connectivity index (χ0n) is 15.3. The first-order valence-corrected chi connectivity index (χ1v) is 9.10. The van der Waals surface area contributed by atoms with E-state index < -0.39 is 0 Å². The molecule has 138 valence electrons. The van der Waals surface area contributed by atoms with Crippen molar-refractivity contribution < 1.29 is 4.39 Å². The molecule has 0 amide bonds. The van der Waals surface area contributed by atoms with E-state index in [1.807, 2.05) is 36.4 Å². The molecule has 1 fully saturated rings. The highest BCUT2D eigenvalue weighted by atomic mass is 19.1. The zero-order valence-corrected chi connectivity index (χ0v) is 15.3. The molecule has 1 saturated heterocycles. The molecule has 0 unspecified atom stereocenters. The summed E-state index contributed by atoms with van der Waals surface area (Å²) in [5, 5.41) is 3.37. The van der Waals surface area contributed by atoms with Gasteiger partial charge in [0.2, 0.25) is 5.95 Å². The van der Waals surface area contributed by atoms with Crippen molar-refractivity contribution in [3.05, 3.63) is 72.2 Å². The molecular formula is C21H22FN5. The molecule has 0 bridgehead atoms. The monoisotopic (exact) mass is 363 g/mol. The van der Waals surface area contributed by atoms with Crippen molar-refractivity contribution in [1.29, 1.82) is 0 Å². The maximum atomic E-state index is 13.1. The molecule has 0 atom stereocenters. The van der Waals surface area contributed by atoms with Crippen molar-refractivity contribution in [2.75, 3.05) is 41.3 Å². The van der Waals surface area contributed by atoms with Gasteiger partial charge >= 0.3 is 0 Å². The van der Waals surface area contributed by atoms with Crippen LogP contribution in [0.3, 0.4) is 0 Å². The summed E-state index contributed by atoms with van der Waals surface area (Å²) in [5.41, 5.74) is 3.26. The summed E-state index contributed by atoms with van der Waals surface area (Å²) in [6.45, 7) is 5.42. The Bertz CT molecular complexity index is 904. The highest BCUT2D eigenvalue weighted by molar-refractivity contribution is 5.60. The quantitative estimate of drug-likeness (QED) is 0.759. The minimum Gasteiger partial charge on any atom is -0.368 e. The predicted molar refractivity (Wildman–Crippen MR) is 107 cm³/mol. The molecule has 0 radical (unpaired) electrons. The molecule has 0 saturated carbocycles. The van der Waals surface area contributed by atoms with E-state index in [0.717, 1.165) is 49.3 Å². The van der Waals surface area contributed by atoms with E-state index in [2.05, 4.69) is 38.1 Å². The minimum atomic E-state index is -0.205. The molecule has 1 aliphatic heterocycles. The Morgan fingerprint density at radius 2 is 1.59 bits per heavy atom. The van der Waals surface area contributed by atoms with E-state index in [-0.39, 0.29) is 5.82 Å². The SMILES string of the molecule is Cc1ccccc1Nc1ccnc(N2CCN(c3ccc(F)cc3)CC2)n1. The fourth-order valence-electron chi connectivity index (χ4n) is 3.24. The summed E-state index contributed by atoms with van der Waals surface area (Å²) >= 11 is 0. The van der Waals surface area contributed by atoms with Gasteiger partial charge in [-0.1, -0.05) is 18.2 Å². The lowest BCUT2D eigenvalue weighted by Gasteiger charge is -2.36. The van der Waals surface area contributed by atoms with Gasteiger partial charge in [-0.2, -0.15) is 4.98 Å². The van der Waals surface area contributed by atoms with Gasteiger partial charge in [-0.05, 0) is 48.9 Å². The number of para-hydroxylation sites is 1. The van der Waals surface area contributed by atoms with Crippen LogP contribution in [0.1, 0.15) is 5.56 Å². The number of aryl methyl sites for hydroxylation is 1. The molecule has 1 aliphatic rings. The van der Waals surface area contributed by atoms with Crippen LogP contribution >= 0.6 is 0 Å². The van der Waals surface area contributed by atoms with E-state index in [1.165, 1.54) is 17.7 Å². The summed E-state index contributed by atoms with van der Waals surface area (Å²) in [6, 6.07) is 16.7. The second-order valence-corrected chi connectivity index (χ2v) is 6.63. The van der Waals surface area contributed by atoms with Gasteiger partial charge in [0.25, 0.3) is 0 Å². The van der Waals surface area contributed by atoms with Crippen LogP contribution in [0.4, 0.5) is 27.5 Å². The summed E-state index contributed by atoms with van der Waals surface area (Å²) in [6.07, 6.45) is 1.79. The van der Waals surface area contributed by atoms with Crippen molar-refractivity contribution >= 4 is 23.1 Å². The summed E-state index contributed by atoms with van der Waals surface area (Å²) in [7, 11) is 0. The van der Waals surface area contributed by atoms with Crippen LogP contribution in [0, 0.1) is 12.7 Å². The molecule has 27 heavy (non-hydrogen) atoms. The Hall–Kier alpha value is -3.15. The van der Waals surface area contributed by atoms with Crippen molar-refractivity contribution in [2.24, 2.45) is 0 Å². The van der Waals surface area contributed by atoms with Crippen LogP contribution in [0.5, 0.6) is 0 Å². The van der Waals surface area contributed by atoms with E-state index >= 15 is 0 Å². The summed E-state index contributed by atoms with van der Waals surface area (Å²) in [4.78, 5) is 13.6. The van der Waals surface area contributed by atoms with Gasteiger partial charge in [-0.15, -0.1) is 0 Å². The molecule has 2 aromatic carbocycles. The fourth-order valence-corrected chi connectivity index (χ4v) is 3.24. The molecular weight excluding hydrogens is 341 g/mol. The Morgan fingerprint density at radius 1 is 0.889 bits per heavy atom. The normalized spacial score (nSPS) is 14.3. The fraction of sp³-hybridized carbons (Fsp3) is 0.238. The number of benzene rings is 2. The van der Waals surface area contributed by atoms with Crippen LogP contribution in [0.2, 0.25) is 0 Å². The smallest absolute Gasteiger partial charge is 0.227 e. The Labute approximate surface area is 158 Å². The lowest BCUT2D eigenvalue weighted by atomic mass is 10.2. The molecule has 1 aromatic heterocycles. The number of aromatic nitrogens is 2. The minimum absolute atomic E-state index is 0.205. The number of nitrogens with zero attached hydrogens (tertiary/aromatic N) is 4. The van der Waals surface area contributed by atoms with E-state index in [9.17, 15) is 4.39 Å². The molecule has 0 spiro atoms. The number of nitrogens with one attached hydrogen (secondary N) is 1. The molecule has 3 aromatic rings. The Kier molecular flexibility index (Phi) is 4.87. The van der Waals surface area contributed by atoms with Gasteiger partial charge in [-0.3, -0.25) is 0 Å². The van der Waals surface area contributed by atoms with Crippen LogP contribution in [0.25, 0.3) is 0 Å². The maximum absolute atomic E-state index is 13.1. The molecule has 1 N–H and O–H groups in total. The number of hydrogen-bond acceptors (Lipinski definition) is 5. The molecule has 4 rings (SSSR count). The van der Waals surface area contributed by atoms with Crippen LogP contribution in [0.15, 0.2) is 60.8 Å². The zero-order chi connectivity index (χ0) is 18.6. The van der Waals surface area contributed by atoms with Gasteiger partial charge in [0, 0.05) is 43.8 Å². The summed E-state index contributed by atoms with van der Waals surface area (Å²) in [5.74, 6) is 1.31. The number of anilines is 4. The third-order valence-corrected chi connectivity index (χ3v) is 4.80. The van der Waals surface area contributed by atoms with E-state index in [1.54, 1.807) is 6.20 Å². The van der Waals surface area contributed by atoms with Crippen molar-refractivity contribution in [3.63, 3.8) is 0 Å². The molecule has 5 nitrogen and oxygen atoms in total. The Morgan fingerprint density at radius 3 is 2.33 bits per heavy atom. The third-order valence-electron chi connectivity index (χ3n) is 4.80. The standard InChI is InChI=1S/C21H22FN5/c1-16-4-2-3-5-19(16)24-20-10-11-23-21(25-20)27-14-12-26(13-15-27)18-8-6-17(22)7-9-18/h2-11H,12-15H2,1H3,(H,23,24,25). The van der Waals surface area contributed by atoms with Crippen LogP contribution in [-0.2, 0) is 0 Å². The number of halogens is 1. The largest absolute Gasteiger partial charge is 0.368 e. The molecule has 6 heteroatoms. The van der Waals surface area contributed by atoms with Gasteiger partial charge in [0.1, 0.15) is 11.6 Å². The highest BCUT2D eigenvalue weighted by Crippen LogP contribution is 2.22. The van der Waals surface area contributed by atoms with Gasteiger partial charge in [0.15, 0.2) is 0 Å². The van der Waals surface area contributed by atoms with Crippen LogP contribution in [-0.4, -0.2) is 36.1 Å². The average molecular weight is 363 g/mol. The van der Waals surface area contributed by atoms with Crippen molar-refractivity contribution in [1.82, 2.24) is 9.97 Å².